The maximum absolute atomic E-state index is 10.3. The first-order chi connectivity index (χ1) is 7.38. The molecule has 0 aliphatic carbocycles. The molecule has 0 radical (unpaired) electrons. The Bertz CT molecular complexity index is 286. The molecule has 1 fully saturated rings. The smallest absolute Gasteiger partial charge is 0.327 e. The van der Waals surface area contributed by atoms with Crippen molar-refractivity contribution in [3.05, 3.63) is 0 Å². The zero-order chi connectivity index (χ0) is 12.7. The molecule has 92 valence electrons. The number of carbonyl (C=O) groups is 3. The summed E-state index contributed by atoms with van der Waals surface area (Å²) < 4.78 is 0. The number of aliphatic carboxylic acids is 2. The summed E-state index contributed by atoms with van der Waals surface area (Å²) in [5.74, 6) is -1.44. The van der Waals surface area contributed by atoms with E-state index in [9.17, 15) is 14.4 Å². The zero-order valence-electron chi connectivity index (χ0n) is 8.12. The summed E-state index contributed by atoms with van der Waals surface area (Å²) in [4.78, 5) is 30.2. The van der Waals surface area contributed by atoms with Gasteiger partial charge in [-0.25, -0.2) is 4.79 Å². The van der Waals surface area contributed by atoms with Crippen molar-refractivity contribution in [2.24, 2.45) is 5.73 Å². The number of carboxylic acid groups (broad SMARTS) is 2. The molecule has 0 aromatic carbocycles. The molecule has 0 aromatic rings. The molecule has 1 aliphatic rings. The van der Waals surface area contributed by atoms with Gasteiger partial charge in [-0.15, -0.1) is 0 Å². The summed E-state index contributed by atoms with van der Waals surface area (Å²) >= 11 is 4.65. The van der Waals surface area contributed by atoms with E-state index in [0.717, 1.165) is 11.8 Å². The Labute approximate surface area is 101 Å². The van der Waals surface area contributed by atoms with Crippen molar-refractivity contribution >= 4 is 41.6 Å². The molecule has 1 amide bonds. The van der Waals surface area contributed by atoms with Crippen molar-refractivity contribution < 1.29 is 24.6 Å². The van der Waals surface area contributed by atoms with Gasteiger partial charge in [-0.05, 0) is 0 Å². The molecule has 1 saturated heterocycles. The lowest BCUT2D eigenvalue weighted by Crippen LogP contribution is -2.33. The Kier molecular flexibility index (Phi) is 6.93. The molecule has 0 bridgehead atoms. The minimum atomic E-state index is -1.00. The Balaban J connectivity index is 0.000000293. The van der Waals surface area contributed by atoms with Crippen molar-refractivity contribution in [3.63, 3.8) is 0 Å². The van der Waals surface area contributed by atoms with E-state index < -0.39 is 24.0 Å². The van der Waals surface area contributed by atoms with Gasteiger partial charge in [0.05, 0.1) is 0 Å². The number of nitrogens with one attached hydrogen (secondary N) is 1. The predicted molar refractivity (Wildman–Crippen MR) is 61.9 cm³/mol. The number of rotatable bonds is 3. The lowest BCUT2D eigenvalue weighted by atomic mass is 10.4. The average molecular weight is 268 g/mol. The minimum Gasteiger partial charge on any atom is -0.480 e. The summed E-state index contributed by atoms with van der Waals surface area (Å²) in [5, 5.41) is 18.3. The topological polar surface area (TPSA) is 130 Å². The highest BCUT2D eigenvalue weighted by Crippen LogP contribution is 2.12. The van der Waals surface area contributed by atoms with Gasteiger partial charge in [0.25, 0.3) is 5.24 Å². The molecule has 2 atom stereocenters. The van der Waals surface area contributed by atoms with Crippen LogP contribution < -0.4 is 11.1 Å². The van der Waals surface area contributed by atoms with Gasteiger partial charge in [-0.2, -0.15) is 12.6 Å². The third-order valence-corrected chi connectivity index (χ3v) is 2.76. The quantitative estimate of drug-likeness (QED) is 0.425. The van der Waals surface area contributed by atoms with Gasteiger partial charge in [0.2, 0.25) is 0 Å². The van der Waals surface area contributed by atoms with Gasteiger partial charge < -0.3 is 21.3 Å². The number of carbonyl (C=O) groups excluding carboxylic acids is 1. The number of thiol groups is 1. The molecule has 0 spiro atoms. The highest BCUT2D eigenvalue weighted by Gasteiger charge is 2.27. The number of thioether (sulfide) groups is 1. The Morgan fingerprint density at radius 1 is 1.62 bits per heavy atom. The van der Waals surface area contributed by atoms with Gasteiger partial charge in [0, 0.05) is 11.5 Å². The molecular weight excluding hydrogens is 256 g/mol. The molecule has 1 aliphatic heterocycles. The fourth-order valence-corrected chi connectivity index (χ4v) is 1.52. The van der Waals surface area contributed by atoms with Crippen molar-refractivity contribution in [1.29, 1.82) is 0 Å². The van der Waals surface area contributed by atoms with E-state index in [-0.39, 0.29) is 11.0 Å². The third-order valence-electron chi connectivity index (χ3n) is 1.49. The van der Waals surface area contributed by atoms with E-state index in [1.807, 2.05) is 0 Å². The summed E-state index contributed by atoms with van der Waals surface area (Å²) in [5.41, 5.74) is 4.94. The number of hydrogen-bond acceptors (Lipinski definition) is 6. The molecule has 0 saturated carbocycles. The standard InChI is InChI=1S/C4H5NO3S.C3H7NO2S/c6-3(7)2-1-9-4(8)5-2;4-2(1-7)3(5)6/h2H,1H2,(H,5,8)(H,6,7);2,7H,1,4H2,(H,5,6)/t;2-/m.0/s1. The normalized spacial score (nSPS) is 20.4. The second-order valence-electron chi connectivity index (χ2n) is 2.76. The van der Waals surface area contributed by atoms with E-state index in [1.54, 1.807) is 0 Å². The third kappa shape index (κ3) is 5.83. The maximum Gasteiger partial charge on any atom is 0.327 e. The predicted octanol–water partition coefficient (Wildman–Crippen LogP) is -0.776. The lowest BCUT2D eigenvalue weighted by molar-refractivity contribution is -0.139. The Hall–Kier alpha value is -0.930. The highest BCUT2D eigenvalue weighted by molar-refractivity contribution is 8.14. The Morgan fingerprint density at radius 3 is 2.31 bits per heavy atom. The molecule has 0 aromatic heterocycles. The first-order valence-corrected chi connectivity index (χ1v) is 5.75. The zero-order valence-corrected chi connectivity index (χ0v) is 9.83. The molecule has 5 N–H and O–H groups in total. The van der Waals surface area contributed by atoms with Crippen molar-refractivity contribution in [2.45, 2.75) is 12.1 Å². The molecule has 7 nitrogen and oxygen atoms in total. The van der Waals surface area contributed by atoms with E-state index in [2.05, 4.69) is 17.9 Å². The van der Waals surface area contributed by atoms with Crippen molar-refractivity contribution in [3.8, 4) is 0 Å². The largest absolute Gasteiger partial charge is 0.480 e. The number of amides is 1. The van der Waals surface area contributed by atoms with Crippen LogP contribution in [0, 0.1) is 0 Å². The second-order valence-corrected chi connectivity index (χ2v) is 4.12. The van der Waals surface area contributed by atoms with Crippen LogP contribution in [-0.2, 0) is 9.59 Å². The van der Waals surface area contributed by atoms with Crippen LogP contribution in [-0.4, -0.2) is 51.0 Å². The van der Waals surface area contributed by atoms with Gasteiger partial charge >= 0.3 is 11.9 Å². The molecule has 16 heavy (non-hydrogen) atoms. The fraction of sp³-hybridized carbons (Fsp3) is 0.571. The molecule has 1 unspecified atom stereocenters. The summed E-state index contributed by atoms with van der Waals surface area (Å²) in [6.07, 6.45) is 0. The molecule has 9 heteroatoms. The second kappa shape index (κ2) is 7.36. The summed E-state index contributed by atoms with van der Waals surface area (Å²) in [6, 6.07) is -1.49. The van der Waals surface area contributed by atoms with Crippen LogP contribution in [0.2, 0.25) is 0 Å². The first kappa shape index (κ1) is 15.1. The van der Waals surface area contributed by atoms with Crippen LogP contribution in [0.4, 0.5) is 4.79 Å². The van der Waals surface area contributed by atoms with Gasteiger partial charge in [-0.1, -0.05) is 11.8 Å². The van der Waals surface area contributed by atoms with Crippen LogP contribution in [0.25, 0.3) is 0 Å². The monoisotopic (exact) mass is 268 g/mol. The first-order valence-electron chi connectivity index (χ1n) is 4.13. The molecule has 1 heterocycles. The van der Waals surface area contributed by atoms with Gasteiger partial charge in [0.1, 0.15) is 12.1 Å². The van der Waals surface area contributed by atoms with Crippen LogP contribution in [0.1, 0.15) is 0 Å². The number of nitrogens with two attached hydrogens (primary N) is 1. The van der Waals surface area contributed by atoms with E-state index >= 15 is 0 Å². The average Bonchev–Trinajstić information content (AvgIpc) is 2.64. The summed E-state index contributed by atoms with van der Waals surface area (Å²) in [7, 11) is 0. The summed E-state index contributed by atoms with van der Waals surface area (Å²) in [6.45, 7) is 0. The van der Waals surface area contributed by atoms with Crippen LogP contribution in [0.15, 0.2) is 0 Å². The molecule has 1 rings (SSSR count). The number of carboxylic acids is 2. The van der Waals surface area contributed by atoms with Crippen LogP contribution >= 0.6 is 24.4 Å². The minimum absolute atomic E-state index is 0.190. The lowest BCUT2D eigenvalue weighted by Gasteiger charge is -1.98. The van der Waals surface area contributed by atoms with Crippen LogP contribution in [0.3, 0.4) is 0 Å². The molecular formula is C7H12N2O5S2. The Morgan fingerprint density at radius 2 is 2.19 bits per heavy atom. The number of hydrogen-bond donors (Lipinski definition) is 5. The van der Waals surface area contributed by atoms with E-state index in [1.165, 1.54) is 0 Å². The maximum atomic E-state index is 10.3. The van der Waals surface area contributed by atoms with Crippen molar-refractivity contribution in [1.82, 2.24) is 5.32 Å². The van der Waals surface area contributed by atoms with Gasteiger partial charge in [0.15, 0.2) is 0 Å². The van der Waals surface area contributed by atoms with E-state index in [4.69, 9.17) is 15.9 Å². The van der Waals surface area contributed by atoms with Crippen molar-refractivity contribution in [2.75, 3.05) is 11.5 Å². The van der Waals surface area contributed by atoms with Crippen LogP contribution in [0.5, 0.6) is 0 Å². The SMILES string of the molecule is N[C@@H](CS)C(=O)O.O=C1NC(C(=O)O)CS1. The van der Waals surface area contributed by atoms with E-state index in [0.29, 0.717) is 5.75 Å². The van der Waals surface area contributed by atoms with Gasteiger partial charge in [-0.3, -0.25) is 9.59 Å². The highest BCUT2D eigenvalue weighted by atomic mass is 32.2. The fourth-order valence-electron chi connectivity index (χ4n) is 0.596.